The van der Waals surface area contributed by atoms with Crippen LogP contribution in [0.5, 0.6) is 11.6 Å². The van der Waals surface area contributed by atoms with Gasteiger partial charge in [0.15, 0.2) is 12.2 Å². The van der Waals surface area contributed by atoms with Crippen LogP contribution in [0.15, 0.2) is 18.2 Å². The summed E-state index contributed by atoms with van der Waals surface area (Å²) in [4.78, 5) is 53.8. The summed E-state index contributed by atoms with van der Waals surface area (Å²) >= 11 is 0. The van der Waals surface area contributed by atoms with E-state index in [2.05, 4.69) is 10.2 Å². The molecule has 1 unspecified atom stereocenters. The number of carbonyl (C=O) groups is 4. The van der Waals surface area contributed by atoms with E-state index in [-0.39, 0.29) is 17.5 Å². The molecule has 1 aromatic heterocycles. The molecular formula is C40H60N2O11. The number of H-pyrrole nitrogens is 1. The number of phenolic OH excluding ortho intramolecular Hbond substituents is 1. The predicted octanol–water partition coefficient (Wildman–Crippen LogP) is 6.70. The molecule has 0 amide bonds. The zero-order valence-corrected chi connectivity index (χ0v) is 34.1. The lowest BCUT2D eigenvalue weighted by atomic mass is 9.93. The summed E-state index contributed by atoms with van der Waals surface area (Å²) in [6.07, 6.45) is -6.74. The first-order valence-corrected chi connectivity index (χ1v) is 18.1. The molecule has 3 rings (SSSR count). The first-order chi connectivity index (χ1) is 24.1. The highest BCUT2D eigenvalue weighted by Crippen LogP contribution is 2.37. The van der Waals surface area contributed by atoms with Gasteiger partial charge >= 0.3 is 23.9 Å². The molecule has 13 nitrogen and oxygen atoms in total. The molecule has 0 bridgehead atoms. The molecule has 1 fully saturated rings. The number of aromatic nitrogens is 2. The van der Waals surface area contributed by atoms with Gasteiger partial charge in [-0.1, -0.05) is 19.9 Å². The van der Waals surface area contributed by atoms with Crippen LogP contribution in [0, 0.1) is 28.6 Å². The summed E-state index contributed by atoms with van der Waals surface area (Å²) in [7, 11) is 0. The molecule has 2 N–H and O–H groups in total. The molecule has 2 aromatic rings. The van der Waals surface area contributed by atoms with Crippen molar-refractivity contribution < 1.29 is 52.7 Å². The van der Waals surface area contributed by atoms with Crippen LogP contribution in [-0.2, 0) is 49.3 Å². The van der Waals surface area contributed by atoms with Gasteiger partial charge in [-0.3, -0.25) is 24.3 Å². The van der Waals surface area contributed by atoms with Gasteiger partial charge in [0, 0.05) is 17.7 Å². The number of hydrogen-bond donors (Lipinski definition) is 2. The SMILES string of the molecule is Cc1cc(O)ccc1Cc1c(OC2O[C@H](COC(=O)C(C)(C)C)[C@@H](OC(=O)C(C)(C)C)[C@H](OC(=O)C(C)(C)C)[C@H]2OC(=O)C(C)(C)C)n[nH]c1C(C)C. The largest absolute Gasteiger partial charge is 0.508 e. The number of aromatic hydroxyl groups is 1. The third kappa shape index (κ3) is 11.2. The van der Waals surface area contributed by atoms with Crippen LogP contribution < -0.4 is 4.74 Å². The first-order valence-electron chi connectivity index (χ1n) is 18.1. The first kappa shape index (κ1) is 43.3. The van der Waals surface area contributed by atoms with Gasteiger partial charge in [-0.15, -0.1) is 5.10 Å². The van der Waals surface area contributed by atoms with E-state index in [0.29, 0.717) is 12.0 Å². The van der Waals surface area contributed by atoms with E-state index in [1.165, 1.54) is 0 Å². The third-order valence-electron chi connectivity index (χ3n) is 8.51. The molecule has 1 aliphatic rings. The van der Waals surface area contributed by atoms with Gasteiger partial charge in [-0.2, -0.15) is 0 Å². The van der Waals surface area contributed by atoms with E-state index >= 15 is 0 Å². The third-order valence-corrected chi connectivity index (χ3v) is 8.51. The van der Waals surface area contributed by atoms with Crippen molar-refractivity contribution in [3.8, 4) is 11.6 Å². The molecular weight excluding hydrogens is 684 g/mol. The summed E-state index contributed by atoms with van der Waals surface area (Å²) in [6, 6.07) is 5.07. The highest BCUT2D eigenvalue weighted by atomic mass is 16.7. The number of phenols is 1. The smallest absolute Gasteiger partial charge is 0.311 e. The Balaban J connectivity index is 2.25. The molecule has 1 aromatic carbocycles. The zero-order chi connectivity index (χ0) is 40.4. The van der Waals surface area contributed by atoms with Crippen LogP contribution in [0.4, 0.5) is 0 Å². The monoisotopic (exact) mass is 744 g/mol. The number of ether oxygens (including phenoxy) is 6. The molecule has 13 heteroatoms. The summed E-state index contributed by atoms with van der Waals surface area (Å²) in [5.41, 5.74) is -0.727. The van der Waals surface area contributed by atoms with Crippen molar-refractivity contribution in [2.24, 2.45) is 21.7 Å². The second-order valence-corrected chi connectivity index (χ2v) is 18.2. The Morgan fingerprint density at radius 2 is 1.26 bits per heavy atom. The minimum atomic E-state index is -1.50. The van der Waals surface area contributed by atoms with Crippen molar-refractivity contribution in [3.05, 3.63) is 40.6 Å². The normalized spacial score (nSPS) is 21.2. The fourth-order valence-electron chi connectivity index (χ4n) is 5.07. The number of esters is 4. The van der Waals surface area contributed by atoms with Crippen LogP contribution in [0.1, 0.15) is 125 Å². The summed E-state index contributed by atoms with van der Waals surface area (Å²) in [5, 5.41) is 17.6. The van der Waals surface area contributed by atoms with E-state index in [0.717, 1.165) is 16.8 Å². The van der Waals surface area contributed by atoms with Crippen LogP contribution in [0.3, 0.4) is 0 Å². The van der Waals surface area contributed by atoms with Gasteiger partial charge < -0.3 is 33.5 Å². The fraction of sp³-hybridized carbons (Fsp3) is 0.675. The molecule has 296 valence electrons. The number of nitrogens with zero attached hydrogens (tertiary/aromatic N) is 1. The molecule has 0 spiro atoms. The van der Waals surface area contributed by atoms with Crippen molar-refractivity contribution in [1.29, 1.82) is 0 Å². The second-order valence-electron chi connectivity index (χ2n) is 18.2. The van der Waals surface area contributed by atoms with Gasteiger partial charge in [0.25, 0.3) is 0 Å². The molecule has 2 heterocycles. The lowest BCUT2D eigenvalue weighted by Gasteiger charge is -2.45. The Labute approximate surface area is 313 Å². The topological polar surface area (TPSA) is 173 Å². The second kappa shape index (κ2) is 16.1. The number of carbonyl (C=O) groups excluding carboxylic acids is 4. The quantitative estimate of drug-likeness (QED) is 0.195. The van der Waals surface area contributed by atoms with Gasteiger partial charge in [0.1, 0.15) is 18.5 Å². The Morgan fingerprint density at radius 3 is 1.74 bits per heavy atom. The Hall–Kier alpha value is -4.13. The molecule has 53 heavy (non-hydrogen) atoms. The summed E-state index contributed by atoms with van der Waals surface area (Å²) in [6.45, 7) is 25.5. The van der Waals surface area contributed by atoms with Crippen molar-refractivity contribution in [2.75, 3.05) is 6.61 Å². The highest BCUT2D eigenvalue weighted by Gasteiger charge is 2.56. The van der Waals surface area contributed by atoms with E-state index in [4.69, 9.17) is 28.4 Å². The lowest BCUT2D eigenvalue weighted by molar-refractivity contribution is -0.294. The average Bonchev–Trinajstić information content (AvgIpc) is 3.40. The standard InChI is InChI=1S/C40H60N2O11/c1-21(2)27-25(19-23-16-17-24(43)18-22(23)3)31(42-41-27)53-32-30(52-36(47)40(13,14)15)29(51-35(46)39(10,11)12)28(50-34(45)38(7,8)9)26(49-32)20-48-33(44)37(4,5)6/h16-18,21,26,28-30,32,43H,19-20H2,1-15H3,(H,41,42)/t26-,28-,29+,30-,32?/m1/s1. The van der Waals surface area contributed by atoms with E-state index < -0.39 is 82.8 Å². The van der Waals surface area contributed by atoms with Crippen molar-refractivity contribution in [1.82, 2.24) is 10.2 Å². The number of rotatable bonds is 10. The average molecular weight is 745 g/mol. The van der Waals surface area contributed by atoms with Crippen molar-refractivity contribution in [3.63, 3.8) is 0 Å². The van der Waals surface area contributed by atoms with Crippen LogP contribution >= 0.6 is 0 Å². The van der Waals surface area contributed by atoms with Crippen LogP contribution in [0.25, 0.3) is 0 Å². The Bertz CT molecular complexity index is 1630. The number of aromatic amines is 1. The van der Waals surface area contributed by atoms with Gasteiger partial charge in [0.05, 0.1) is 21.7 Å². The molecule has 1 saturated heterocycles. The van der Waals surface area contributed by atoms with Gasteiger partial charge in [0.2, 0.25) is 18.3 Å². The molecule has 5 atom stereocenters. The van der Waals surface area contributed by atoms with Gasteiger partial charge in [-0.25, -0.2) is 0 Å². The zero-order valence-electron chi connectivity index (χ0n) is 34.1. The number of hydrogen-bond acceptors (Lipinski definition) is 12. The van der Waals surface area contributed by atoms with Crippen LogP contribution in [-0.4, -0.2) is 76.5 Å². The fourth-order valence-corrected chi connectivity index (χ4v) is 5.07. The van der Waals surface area contributed by atoms with Crippen molar-refractivity contribution in [2.45, 2.75) is 147 Å². The Kier molecular flexibility index (Phi) is 13.1. The maximum Gasteiger partial charge on any atom is 0.311 e. The number of aryl methyl sites for hydroxylation is 1. The van der Waals surface area contributed by atoms with Crippen LogP contribution in [0.2, 0.25) is 0 Å². The summed E-state index contributed by atoms with van der Waals surface area (Å²) < 4.78 is 37.0. The maximum absolute atomic E-state index is 13.6. The minimum absolute atomic E-state index is 0.0136. The molecule has 1 aliphatic heterocycles. The minimum Gasteiger partial charge on any atom is -0.508 e. The summed E-state index contributed by atoms with van der Waals surface area (Å²) in [5.74, 6) is -2.30. The molecule has 0 aliphatic carbocycles. The van der Waals surface area contributed by atoms with E-state index in [9.17, 15) is 24.3 Å². The van der Waals surface area contributed by atoms with Crippen molar-refractivity contribution >= 4 is 23.9 Å². The predicted molar refractivity (Wildman–Crippen MR) is 196 cm³/mol. The van der Waals surface area contributed by atoms with Gasteiger partial charge in [-0.05, 0) is 119 Å². The molecule has 0 radical (unpaired) electrons. The number of benzene rings is 1. The lowest BCUT2D eigenvalue weighted by Crippen LogP contribution is -2.65. The van der Waals surface area contributed by atoms with E-state index in [1.54, 1.807) is 95.2 Å². The highest BCUT2D eigenvalue weighted by molar-refractivity contribution is 5.78. The number of nitrogens with one attached hydrogen (secondary N) is 1. The Morgan fingerprint density at radius 1 is 0.774 bits per heavy atom. The van der Waals surface area contributed by atoms with E-state index in [1.807, 2.05) is 26.8 Å². The molecule has 0 saturated carbocycles. The maximum atomic E-state index is 13.6.